The molecule has 4 rings (SSSR count). The topological polar surface area (TPSA) is 93.3 Å². The summed E-state index contributed by atoms with van der Waals surface area (Å²) in [6.07, 6.45) is 4.73. The van der Waals surface area contributed by atoms with Gasteiger partial charge in [0.25, 0.3) is 0 Å². The normalized spacial score (nSPS) is 22.9. The van der Waals surface area contributed by atoms with Crippen molar-refractivity contribution in [1.29, 1.82) is 0 Å². The highest BCUT2D eigenvalue weighted by atomic mass is 31.2. The molecule has 3 fully saturated rings. The van der Waals surface area contributed by atoms with E-state index in [9.17, 15) is 14.7 Å². The lowest BCUT2D eigenvalue weighted by atomic mass is 10.1. The Balaban J connectivity index is 1.70. The van der Waals surface area contributed by atoms with Crippen LogP contribution in [0.25, 0.3) is 0 Å². The number of imidazole rings is 1. The van der Waals surface area contributed by atoms with Gasteiger partial charge in [-0.3, -0.25) is 9.09 Å². The molecule has 0 amide bonds. The van der Waals surface area contributed by atoms with Gasteiger partial charge in [-0.15, -0.1) is 0 Å². The van der Waals surface area contributed by atoms with E-state index in [0.29, 0.717) is 5.82 Å². The summed E-state index contributed by atoms with van der Waals surface area (Å²) in [4.78, 5) is 15.5. The Labute approximate surface area is 153 Å². The maximum Gasteiger partial charge on any atom is 0.347 e. The standard InChI is InChI=1S/C16H26N5O4P/c1-12(2)15(25-26(24,18-7-8-18)19-9-10-19)16-17-11-14(21(22)23)20(16)13-5-3-4-6-13/h11-13,15H,3-10H2,1-2H3. The van der Waals surface area contributed by atoms with Gasteiger partial charge < -0.3 is 10.1 Å². The van der Waals surface area contributed by atoms with Crippen molar-refractivity contribution in [2.45, 2.75) is 51.7 Å². The first-order valence-corrected chi connectivity index (χ1v) is 11.0. The van der Waals surface area contributed by atoms with E-state index in [0.717, 1.165) is 51.9 Å². The minimum Gasteiger partial charge on any atom is -0.358 e. The molecule has 3 heterocycles. The third kappa shape index (κ3) is 3.22. The van der Waals surface area contributed by atoms with Gasteiger partial charge in [-0.25, -0.2) is 18.9 Å². The van der Waals surface area contributed by atoms with Crippen LogP contribution in [0.5, 0.6) is 0 Å². The molecular formula is C16H26N5O4P. The van der Waals surface area contributed by atoms with Crippen LogP contribution < -0.4 is 0 Å². The Morgan fingerprint density at radius 3 is 2.27 bits per heavy atom. The summed E-state index contributed by atoms with van der Waals surface area (Å²) in [6.45, 7) is 7.06. The van der Waals surface area contributed by atoms with Crippen LogP contribution >= 0.6 is 7.67 Å². The molecular weight excluding hydrogens is 357 g/mol. The zero-order valence-electron chi connectivity index (χ0n) is 15.3. The molecule has 0 bridgehead atoms. The van der Waals surface area contributed by atoms with Gasteiger partial charge in [0.05, 0.1) is 0 Å². The Hall–Kier alpha value is -1.28. The lowest BCUT2D eigenvalue weighted by Crippen LogP contribution is -2.22. The lowest BCUT2D eigenvalue weighted by molar-refractivity contribution is -0.392. The van der Waals surface area contributed by atoms with Gasteiger partial charge in [-0.2, -0.15) is 0 Å². The second-order valence-electron chi connectivity index (χ2n) is 7.71. The molecule has 1 saturated carbocycles. The Morgan fingerprint density at radius 1 is 1.23 bits per heavy atom. The Bertz CT molecular complexity index is 721. The van der Waals surface area contributed by atoms with Gasteiger partial charge in [0.2, 0.25) is 5.82 Å². The van der Waals surface area contributed by atoms with Crippen molar-refractivity contribution in [3.63, 3.8) is 0 Å². The number of rotatable bonds is 8. The molecule has 1 unspecified atom stereocenters. The predicted octanol–water partition coefficient (Wildman–Crippen LogP) is 3.36. The monoisotopic (exact) mass is 383 g/mol. The van der Waals surface area contributed by atoms with E-state index < -0.39 is 13.8 Å². The summed E-state index contributed by atoms with van der Waals surface area (Å²) in [6, 6.07) is 0.0691. The maximum atomic E-state index is 13.5. The molecule has 1 aromatic rings. The zero-order chi connectivity index (χ0) is 18.5. The highest BCUT2D eigenvalue weighted by Crippen LogP contribution is 2.64. The van der Waals surface area contributed by atoms with E-state index >= 15 is 0 Å². The number of nitrogens with zero attached hydrogens (tertiary/aromatic N) is 5. The summed E-state index contributed by atoms with van der Waals surface area (Å²) in [5.74, 6) is 0.558. The van der Waals surface area contributed by atoms with Gasteiger partial charge >= 0.3 is 13.5 Å². The molecule has 2 saturated heterocycles. The van der Waals surface area contributed by atoms with Crippen LogP contribution in [0.15, 0.2) is 6.20 Å². The van der Waals surface area contributed by atoms with Crippen LogP contribution in [0.1, 0.15) is 57.5 Å². The molecule has 1 aromatic heterocycles. The van der Waals surface area contributed by atoms with Crippen molar-refractivity contribution in [1.82, 2.24) is 18.9 Å². The van der Waals surface area contributed by atoms with E-state index in [2.05, 4.69) is 4.98 Å². The fourth-order valence-corrected chi connectivity index (χ4v) is 6.22. The molecule has 10 heteroatoms. The van der Waals surface area contributed by atoms with Crippen molar-refractivity contribution in [3.8, 4) is 0 Å². The number of nitro groups is 1. The van der Waals surface area contributed by atoms with Gasteiger partial charge in [-0.05, 0) is 36.5 Å². The lowest BCUT2D eigenvalue weighted by Gasteiger charge is -2.27. The molecule has 0 N–H and O–H groups in total. The Morgan fingerprint density at radius 2 is 1.81 bits per heavy atom. The molecule has 1 atom stereocenters. The predicted molar refractivity (Wildman–Crippen MR) is 95.8 cm³/mol. The van der Waals surface area contributed by atoms with E-state index in [1.807, 2.05) is 23.2 Å². The fraction of sp³-hybridized carbons (Fsp3) is 0.812. The summed E-state index contributed by atoms with van der Waals surface area (Å²) in [5.41, 5.74) is 0. The smallest absolute Gasteiger partial charge is 0.347 e. The minimum atomic E-state index is -3.04. The molecule has 9 nitrogen and oxygen atoms in total. The largest absolute Gasteiger partial charge is 0.358 e. The van der Waals surface area contributed by atoms with Crippen molar-refractivity contribution in [3.05, 3.63) is 22.1 Å². The third-order valence-corrected chi connectivity index (χ3v) is 8.09. The first-order chi connectivity index (χ1) is 12.4. The molecule has 3 aliphatic rings. The summed E-state index contributed by atoms with van der Waals surface area (Å²) < 4.78 is 25.2. The van der Waals surface area contributed by atoms with Crippen LogP contribution in [0, 0.1) is 16.0 Å². The summed E-state index contributed by atoms with van der Waals surface area (Å²) in [5, 5.41) is 11.5. The molecule has 0 radical (unpaired) electrons. The average Bonchev–Trinajstić information content (AvgIpc) is 3.51. The van der Waals surface area contributed by atoms with Crippen LogP contribution in [-0.4, -0.2) is 50.0 Å². The minimum absolute atomic E-state index is 0.00498. The quantitative estimate of drug-likeness (QED) is 0.294. The Kier molecular flexibility index (Phi) is 4.67. The van der Waals surface area contributed by atoms with Gasteiger partial charge in [0.1, 0.15) is 18.3 Å². The summed E-state index contributed by atoms with van der Waals surface area (Å²) in [7, 11) is -3.04. The van der Waals surface area contributed by atoms with Crippen LogP contribution in [-0.2, 0) is 9.09 Å². The second-order valence-corrected chi connectivity index (χ2v) is 10.0. The average molecular weight is 383 g/mol. The molecule has 0 spiro atoms. The fourth-order valence-electron chi connectivity index (χ4n) is 3.77. The maximum absolute atomic E-state index is 13.5. The van der Waals surface area contributed by atoms with E-state index in [1.165, 1.54) is 6.20 Å². The molecule has 26 heavy (non-hydrogen) atoms. The SMILES string of the molecule is CC(C)C(OP(=O)(N1CC1)N1CC1)c1ncc([N+](=O)[O-])n1C1CCCC1. The van der Waals surface area contributed by atoms with Gasteiger partial charge in [0, 0.05) is 26.2 Å². The highest BCUT2D eigenvalue weighted by molar-refractivity contribution is 7.54. The number of hydrogen-bond donors (Lipinski definition) is 0. The first kappa shape index (κ1) is 18.1. The molecule has 0 aromatic carbocycles. The number of aromatic nitrogens is 2. The first-order valence-electron chi connectivity index (χ1n) is 9.42. The molecule has 2 aliphatic heterocycles. The van der Waals surface area contributed by atoms with Gasteiger partial charge in [0.15, 0.2) is 0 Å². The van der Waals surface area contributed by atoms with E-state index in [-0.39, 0.29) is 22.7 Å². The van der Waals surface area contributed by atoms with Crippen LogP contribution in [0.2, 0.25) is 0 Å². The van der Waals surface area contributed by atoms with E-state index in [1.54, 1.807) is 4.57 Å². The molecule has 144 valence electrons. The number of hydrogen-bond acceptors (Lipinski definition) is 5. The van der Waals surface area contributed by atoms with Crippen molar-refractivity contribution >= 4 is 13.5 Å². The zero-order valence-corrected chi connectivity index (χ0v) is 16.2. The highest BCUT2D eigenvalue weighted by Gasteiger charge is 2.52. The summed E-state index contributed by atoms with van der Waals surface area (Å²) >= 11 is 0. The van der Waals surface area contributed by atoms with Gasteiger partial charge in [-0.1, -0.05) is 13.8 Å². The van der Waals surface area contributed by atoms with Crippen molar-refractivity contribution in [2.24, 2.45) is 5.92 Å². The van der Waals surface area contributed by atoms with Crippen molar-refractivity contribution < 1.29 is 14.0 Å². The second kappa shape index (κ2) is 6.71. The third-order valence-electron chi connectivity index (χ3n) is 5.36. The van der Waals surface area contributed by atoms with Crippen LogP contribution in [0.4, 0.5) is 5.82 Å². The van der Waals surface area contributed by atoms with Crippen LogP contribution in [0.3, 0.4) is 0 Å². The molecule has 1 aliphatic carbocycles. The van der Waals surface area contributed by atoms with E-state index in [4.69, 9.17) is 4.52 Å². The van der Waals surface area contributed by atoms with Crippen molar-refractivity contribution in [2.75, 3.05) is 26.2 Å².